The largest absolute Gasteiger partial charge is 0.486 e. The Labute approximate surface area is 191 Å². The monoisotopic (exact) mass is 452 g/mol. The van der Waals surface area contributed by atoms with E-state index in [1.807, 2.05) is 24.3 Å². The maximum Gasteiger partial charge on any atom is 0.247 e. The molecule has 2 amide bonds. The van der Waals surface area contributed by atoms with Gasteiger partial charge in [-0.3, -0.25) is 9.59 Å². The summed E-state index contributed by atoms with van der Waals surface area (Å²) in [4.78, 5) is 28.2. The highest BCUT2D eigenvalue weighted by molar-refractivity contribution is 5.96. The highest BCUT2D eigenvalue weighted by atomic mass is 16.5. The first kappa shape index (κ1) is 21.7. The van der Waals surface area contributed by atoms with E-state index in [2.05, 4.69) is 5.32 Å². The van der Waals surface area contributed by atoms with Gasteiger partial charge in [0, 0.05) is 35.7 Å². The van der Waals surface area contributed by atoms with Crippen molar-refractivity contribution < 1.29 is 29.0 Å². The number of benzene rings is 1. The van der Waals surface area contributed by atoms with Crippen molar-refractivity contribution in [1.29, 1.82) is 0 Å². The fourth-order valence-corrected chi connectivity index (χ4v) is 4.99. The van der Waals surface area contributed by atoms with Crippen LogP contribution >= 0.6 is 0 Å². The number of carbonyl (C=O) groups is 2. The van der Waals surface area contributed by atoms with Gasteiger partial charge in [-0.05, 0) is 31.1 Å². The molecule has 3 aliphatic rings. The van der Waals surface area contributed by atoms with Crippen LogP contribution in [0.3, 0.4) is 0 Å². The van der Waals surface area contributed by atoms with E-state index in [0.717, 1.165) is 30.4 Å². The van der Waals surface area contributed by atoms with Crippen LogP contribution in [-0.2, 0) is 16.1 Å². The number of fused-ring (bicyclic) bond motifs is 3. The summed E-state index contributed by atoms with van der Waals surface area (Å²) in [6.07, 6.45) is 5.78. The van der Waals surface area contributed by atoms with E-state index < -0.39 is 24.2 Å². The Kier molecular flexibility index (Phi) is 5.95. The standard InChI is InChI=1S/C25H28N2O6/c28-10-9-26-24(30)18-12-19(22(29)23-21(18)17-6-1-2-7-20(17)33-23)27(13-15-8-11-32-14-15)25(31)16-4-3-5-16/h1-2,6-8,11-12,14,16,19,21-23,28-29H,3-5,9-10,13H2,(H,26,30). The van der Waals surface area contributed by atoms with Gasteiger partial charge in [-0.25, -0.2) is 0 Å². The summed E-state index contributed by atoms with van der Waals surface area (Å²) in [6.45, 7) is 0.196. The molecule has 1 fully saturated rings. The lowest BCUT2D eigenvalue weighted by molar-refractivity contribution is -0.145. The number of carbonyl (C=O) groups excluding carboxylic acids is 2. The lowest BCUT2D eigenvalue weighted by atomic mass is 9.76. The molecule has 1 aromatic heterocycles. The second-order valence-electron chi connectivity index (χ2n) is 8.91. The van der Waals surface area contributed by atoms with Crippen LogP contribution in [0.4, 0.5) is 0 Å². The SMILES string of the molecule is O=C(NCCO)C1=CC(N(Cc2ccoc2)C(=O)C2CCC2)C(O)C2Oc3ccccc3C12. The summed E-state index contributed by atoms with van der Waals surface area (Å²) in [6, 6.07) is 8.49. The number of rotatable bonds is 7. The van der Waals surface area contributed by atoms with Gasteiger partial charge in [0.2, 0.25) is 11.8 Å². The normalized spacial score (nSPS) is 25.8. The summed E-state index contributed by atoms with van der Waals surface area (Å²) < 4.78 is 11.3. The summed E-state index contributed by atoms with van der Waals surface area (Å²) >= 11 is 0. The lowest BCUT2D eigenvalue weighted by Gasteiger charge is -2.42. The molecule has 0 spiro atoms. The molecule has 174 valence electrons. The first-order valence-electron chi connectivity index (χ1n) is 11.4. The van der Waals surface area contributed by atoms with Crippen LogP contribution in [0.15, 0.2) is 58.9 Å². The average molecular weight is 453 g/mol. The number of nitrogens with zero attached hydrogens (tertiary/aromatic N) is 1. The Balaban J connectivity index is 1.54. The molecule has 8 nitrogen and oxygen atoms in total. The number of hydrogen-bond acceptors (Lipinski definition) is 6. The number of aliphatic hydroxyl groups is 2. The van der Waals surface area contributed by atoms with Crippen LogP contribution in [0, 0.1) is 5.92 Å². The van der Waals surface area contributed by atoms with E-state index in [9.17, 15) is 19.8 Å². The van der Waals surface area contributed by atoms with Crippen molar-refractivity contribution in [3.05, 3.63) is 65.6 Å². The van der Waals surface area contributed by atoms with Crippen molar-refractivity contribution in [2.45, 2.75) is 50.0 Å². The Hall–Kier alpha value is -3.10. The van der Waals surface area contributed by atoms with E-state index in [0.29, 0.717) is 11.3 Å². The number of para-hydroxylation sites is 1. The first-order chi connectivity index (χ1) is 16.1. The molecule has 1 saturated carbocycles. The molecular weight excluding hydrogens is 424 g/mol. The maximum atomic E-state index is 13.4. The quantitative estimate of drug-likeness (QED) is 0.590. The van der Waals surface area contributed by atoms with E-state index in [1.165, 1.54) is 0 Å². The summed E-state index contributed by atoms with van der Waals surface area (Å²) in [5.74, 6) is -0.286. The second-order valence-corrected chi connectivity index (χ2v) is 8.91. The zero-order valence-corrected chi connectivity index (χ0v) is 18.2. The van der Waals surface area contributed by atoms with Crippen LogP contribution in [0.25, 0.3) is 0 Å². The van der Waals surface area contributed by atoms with Crippen LogP contribution in [0.5, 0.6) is 5.75 Å². The molecule has 3 N–H and O–H groups in total. The Morgan fingerprint density at radius 3 is 2.70 bits per heavy atom. The third kappa shape index (κ3) is 3.94. The molecule has 4 atom stereocenters. The molecule has 8 heteroatoms. The Morgan fingerprint density at radius 1 is 1.18 bits per heavy atom. The van der Waals surface area contributed by atoms with Gasteiger partial charge in [0.15, 0.2) is 0 Å². The fourth-order valence-electron chi connectivity index (χ4n) is 4.99. The third-order valence-corrected chi connectivity index (χ3v) is 6.91. The minimum absolute atomic E-state index is 0.0353. The van der Waals surface area contributed by atoms with Gasteiger partial charge in [-0.2, -0.15) is 0 Å². The predicted octanol–water partition coefficient (Wildman–Crippen LogP) is 1.73. The van der Waals surface area contributed by atoms with Gasteiger partial charge in [-0.15, -0.1) is 0 Å². The number of ether oxygens (including phenoxy) is 1. The average Bonchev–Trinajstić information content (AvgIpc) is 3.43. The molecular formula is C25H28N2O6. The van der Waals surface area contributed by atoms with E-state index in [-0.39, 0.29) is 37.4 Å². The van der Waals surface area contributed by atoms with E-state index in [1.54, 1.807) is 29.6 Å². The number of aliphatic hydroxyl groups excluding tert-OH is 2. The topological polar surface area (TPSA) is 112 Å². The zero-order chi connectivity index (χ0) is 22.9. The third-order valence-electron chi connectivity index (χ3n) is 6.91. The molecule has 0 saturated heterocycles. The number of amides is 2. The molecule has 0 radical (unpaired) electrons. The first-order valence-corrected chi connectivity index (χ1v) is 11.4. The van der Waals surface area contributed by atoms with Crippen molar-refractivity contribution >= 4 is 11.8 Å². The van der Waals surface area contributed by atoms with Crippen LogP contribution in [0.2, 0.25) is 0 Å². The van der Waals surface area contributed by atoms with Crippen molar-refractivity contribution in [2.24, 2.45) is 5.92 Å². The van der Waals surface area contributed by atoms with Gasteiger partial charge in [0.25, 0.3) is 0 Å². The smallest absolute Gasteiger partial charge is 0.247 e. The van der Waals surface area contributed by atoms with Crippen molar-refractivity contribution in [3.8, 4) is 5.75 Å². The second kappa shape index (κ2) is 9.03. The highest BCUT2D eigenvalue weighted by Crippen LogP contribution is 2.47. The van der Waals surface area contributed by atoms with Gasteiger partial charge < -0.3 is 29.6 Å². The van der Waals surface area contributed by atoms with Gasteiger partial charge in [0.05, 0.1) is 31.1 Å². The van der Waals surface area contributed by atoms with E-state index >= 15 is 0 Å². The van der Waals surface area contributed by atoms with Crippen LogP contribution < -0.4 is 10.1 Å². The predicted molar refractivity (Wildman–Crippen MR) is 118 cm³/mol. The van der Waals surface area contributed by atoms with Crippen molar-refractivity contribution in [1.82, 2.24) is 10.2 Å². The van der Waals surface area contributed by atoms with Gasteiger partial charge in [0.1, 0.15) is 18.0 Å². The fraction of sp³-hybridized carbons (Fsp3) is 0.440. The van der Waals surface area contributed by atoms with Crippen LogP contribution in [-0.4, -0.2) is 58.3 Å². The summed E-state index contributed by atoms with van der Waals surface area (Å²) in [7, 11) is 0. The lowest BCUT2D eigenvalue weighted by Crippen LogP contribution is -2.56. The van der Waals surface area contributed by atoms with E-state index in [4.69, 9.17) is 9.15 Å². The van der Waals surface area contributed by atoms with Gasteiger partial charge in [-0.1, -0.05) is 24.6 Å². The van der Waals surface area contributed by atoms with Gasteiger partial charge >= 0.3 is 0 Å². The number of hydrogen-bond donors (Lipinski definition) is 3. The molecule has 2 aromatic rings. The van der Waals surface area contributed by atoms with Crippen molar-refractivity contribution in [2.75, 3.05) is 13.2 Å². The molecule has 0 bridgehead atoms. The summed E-state index contributed by atoms with van der Waals surface area (Å²) in [5.41, 5.74) is 2.08. The number of nitrogens with one attached hydrogen (secondary N) is 1. The molecule has 4 unspecified atom stereocenters. The molecule has 2 aliphatic carbocycles. The Bertz CT molecular complexity index is 1040. The summed E-state index contributed by atoms with van der Waals surface area (Å²) in [5, 5.41) is 23.4. The Morgan fingerprint density at radius 2 is 2.00 bits per heavy atom. The molecule has 1 aromatic carbocycles. The molecule has 5 rings (SSSR count). The molecule has 33 heavy (non-hydrogen) atoms. The maximum absolute atomic E-state index is 13.4. The minimum atomic E-state index is -1.02. The zero-order valence-electron chi connectivity index (χ0n) is 18.2. The van der Waals surface area contributed by atoms with Crippen molar-refractivity contribution in [3.63, 3.8) is 0 Å². The molecule has 1 aliphatic heterocycles. The highest BCUT2D eigenvalue weighted by Gasteiger charge is 2.51. The van der Waals surface area contributed by atoms with Crippen LogP contribution in [0.1, 0.15) is 36.3 Å². The molecule has 2 heterocycles. The number of furan rings is 1. The minimum Gasteiger partial charge on any atom is -0.486 e.